The molecule has 0 aliphatic rings. The highest BCUT2D eigenvalue weighted by Crippen LogP contribution is 2.09. The fraction of sp³-hybridized carbons (Fsp3) is 0.615. The van der Waals surface area contributed by atoms with Crippen molar-refractivity contribution < 1.29 is 9.90 Å². The van der Waals surface area contributed by atoms with Gasteiger partial charge in [-0.15, -0.1) is 0 Å². The number of carbonyl (C=O) groups is 1. The van der Waals surface area contributed by atoms with E-state index in [1.165, 1.54) is 0 Å². The van der Waals surface area contributed by atoms with Crippen molar-refractivity contribution in [1.82, 2.24) is 4.90 Å². The zero-order chi connectivity index (χ0) is 12.6. The van der Waals surface area contributed by atoms with Gasteiger partial charge in [0.1, 0.15) is 0 Å². The van der Waals surface area contributed by atoms with Gasteiger partial charge in [0.2, 0.25) is 0 Å². The van der Waals surface area contributed by atoms with E-state index in [2.05, 4.69) is 32.6 Å². The monoisotopic (exact) mass is 223 g/mol. The number of hydrogen-bond acceptors (Lipinski definition) is 2. The van der Waals surface area contributed by atoms with Crippen LogP contribution in [-0.2, 0) is 4.79 Å². The summed E-state index contributed by atoms with van der Waals surface area (Å²) >= 11 is 0. The molecule has 0 aliphatic heterocycles. The molecule has 1 N–H and O–H groups in total. The minimum Gasteiger partial charge on any atom is -0.480 e. The molecule has 0 unspecified atom stereocenters. The first kappa shape index (κ1) is 14.7. The highest BCUT2D eigenvalue weighted by molar-refractivity contribution is 5.69. The number of aliphatic carboxylic acids is 1. The van der Waals surface area contributed by atoms with Crippen molar-refractivity contribution in [3.63, 3.8) is 0 Å². The molecular formula is C13H21NO2. The molecule has 3 heteroatoms. The average Bonchev–Trinajstić information content (AvgIpc) is 2.13. The van der Waals surface area contributed by atoms with Crippen molar-refractivity contribution in [1.29, 1.82) is 0 Å². The molecule has 0 aromatic carbocycles. The van der Waals surface area contributed by atoms with Gasteiger partial charge in [-0.25, -0.2) is 0 Å². The Morgan fingerprint density at radius 3 is 2.50 bits per heavy atom. The van der Waals surface area contributed by atoms with Crippen LogP contribution in [0.2, 0.25) is 0 Å². The van der Waals surface area contributed by atoms with Crippen LogP contribution < -0.4 is 0 Å². The minimum absolute atomic E-state index is 0.00977. The topological polar surface area (TPSA) is 40.5 Å². The van der Waals surface area contributed by atoms with E-state index in [0.29, 0.717) is 6.54 Å². The molecule has 0 saturated carbocycles. The molecule has 0 radical (unpaired) electrons. The molecule has 0 aromatic heterocycles. The van der Waals surface area contributed by atoms with Gasteiger partial charge in [0.25, 0.3) is 0 Å². The first-order chi connectivity index (χ1) is 7.35. The SMILES string of the molecule is CCN(C/C=C/C#CC(C)(C)C)CC(=O)O. The zero-order valence-corrected chi connectivity index (χ0v) is 10.6. The van der Waals surface area contributed by atoms with Crippen LogP contribution in [0.5, 0.6) is 0 Å². The first-order valence-corrected chi connectivity index (χ1v) is 5.47. The predicted molar refractivity (Wildman–Crippen MR) is 66.1 cm³/mol. The molecule has 0 atom stereocenters. The lowest BCUT2D eigenvalue weighted by molar-refractivity contribution is -0.138. The lowest BCUT2D eigenvalue weighted by Gasteiger charge is -2.14. The Morgan fingerprint density at radius 1 is 1.44 bits per heavy atom. The van der Waals surface area contributed by atoms with Crippen LogP contribution in [0, 0.1) is 17.3 Å². The van der Waals surface area contributed by atoms with Gasteiger partial charge >= 0.3 is 5.97 Å². The summed E-state index contributed by atoms with van der Waals surface area (Å²) in [7, 11) is 0. The number of carboxylic acids is 1. The van der Waals surface area contributed by atoms with E-state index in [-0.39, 0.29) is 12.0 Å². The van der Waals surface area contributed by atoms with Crippen molar-refractivity contribution in [3.05, 3.63) is 12.2 Å². The summed E-state index contributed by atoms with van der Waals surface area (Å²) in [5, 5.41) is 8.63. The second-order valence-electron chi connectivity index (χ2n) is 4.64. The van der Waals surface area contributed by atoms with Gasteiger partial charge in [0, 0.05) is 12.0 Å². The zero-order valence-electron chi connectivity index (χ0n) is 10.6. The molecule has 0 saturated heterocycles. The number of hydrogen-bond donors (Lipinski definition) is 1. The van der Waals surface area contributed by atoms with E-state index in [1.54, 1.807) is 6.08 Å². The van der Waals surface area contributed by atoms with Crippen LogP contribution in [0.3, 0.4) is 0 Å². The number of nitrogens with zero attached hydrogens (tertiary/aromatic N) is 1. The quantitative estimate of drug-likeness (QED) is 0.725. The van der Waals surface area contributed by atoms with E-state index in [0.717, 1.165) is 6.54 Å². The van der Waals surface area contributed by atoms with Gasteiger partial charge < -0.3 is 5.11 Å². The number of allylic oxidation sites excluding steroid dienone is 1. The van der Waals surface area contributed by atoms with Crippen LogP contribution >= 0.6 is 0 Å². The molecule has 0 aromatic rings. The third kappa shape index (κ3) is 9.29. The summed E-state index contributed by atoms with van der Waals surface area (Å²) in [5.74, 6) is 5.24. The lowest BCUT2D eigenvalue weighted by atomic mass is 9.98. The highest BCUT2D eigenvalue weighted by atomic mass is 16.4. The van der Waals surface area contributed by atoms with Crippen LogP contribution in [0.15, 0.2) is 12.2 Å². The summed E-state index contributed by atoms with van der Waals surface area (Å²) in [5.41, 5.74) is 0.00977. The fourth-order valence-electron chi connectivity index (χ4n) is 1.02. The van der Waals surface area contributed by atoms with Crippen LogP contribution in [-0.4, -0.2) is 35.6 Å². The van der Waals surface area contributed by atoms with Crippen molar-refractivity contribution in [2.75, 3.05) is 19.6 Å². The highest BCUT2D eigenvalue weighted by Gasteiger charge is 2.04. The fourth-order valence-corrected chi connectivity index (χ4v) is 1.02. The average molecular weight is 223 g/mol. The summed E-state index contributed by atoms with van der Waals surface area (Å²) < 4.78 is 0. The lowest BCUT2D eigenvalue weighted by Crippen LogP contribution is -2.29. The summed E-state index contributed by atoms with van der Waals surface area (Å²) in [6, 6.07) is 0. The van der Waals surface area contributed by atoms with Crippen LogP contribution in [0.1, 0.15) is 27.7 Å². The van der Waals surface area contributed by atoms with E-state index < -0.39 is 5.97 Å². The van der Waals surface area contributed by atoms with E-state index in [9.17, 15) is 4.79 Å². The normalized spacial score (nSPS) is 11.6. The molecule has 16 heavy (non-hydrogen) atoms. The smallest absolute Gasteiger partial charge is 0.317 e. The molecule has 0 bridgehead atoms. The molecule has 3 nitrogen and oxygen atoms in total. The standard InChI is InChI=1S/C13H21NO2/c1-5-14(11-12(15)16)10-8-6-7-9-13(2,3)4/h6,8H,5,10-11H2,1-4H3,(H,15,16)/b8-6+. The largest absolute Gasteiger partial charge is 0.480 e. The predicted octanol–water partition coefficient (Wildman–Crippen LogP) is 2.00. The number of rotatable bonds is 5. The van der Waals surface area contributed by atoms with Gasteiger partial charge in [-0.3, -0.25) is 9.69 Å². The van der Waals surface area contributed by atoms with Gasteiger partial charge in [-0.1, -0.05) is 24.8 Å². The maximum atomic E-state index is 10.5. The Hall–Kier alpha value is -1.27. The Morgan fingerprint density at radius 2 is 2.06 bits per heavy atom. The van der Waals surface area contributed by atoms with Crippen molar-refractivity contribution in [2.24, 2.45) is 5.41 Å². The molecule has 0 rings (SSSR count). The minimum atomic E-state index is -0.795. The Balaban J connectivity index is 4.05. The van der Waals surface area contributed by atoms with Crippen molar-refractivity contribution in [3.8, 4) is 11.8 Å². The number of carboxylic acid groups (broad SMARTS) is 1. The molecule has 0 spiro atoms. The summed E-state index contributed by atoms with van der Waals surface area (Å²) in [6.45, 7) is 9.53. The first-order valence-electron chi connectivity index (χ1n) is 5.47. The maximum absolute atomic E-state index is 10.5. The Labute approximate surface area is 98.1 Å². The maximum Gasteiger partial charge on any atom is 0.317 e. The van der Waals surface area contributed by atoms with Crippen molar-refractivity contribution >= 4 is 5.97 Å². The second-order valence-corrected chi connectivity index (χ2v) is 4.64. The van der Waals surface area contributed by atoms with Crippen LogP contribution in [0.25, 0.3) is 0 Å². The molecule has 0 amide bonds. The Kier molecular flexibility index (Phi) is 6.52. The molecule has 0 fully saturated rings. The molecule has 90 valence electrons. The third-order valence-corrected chi connectivity index (χ3v) is 1.82. The van der Waals surface area contributed by atoms with Gasteiger partial charge in [-0.05, 0) is 33.4 Å². The molecular weight excluding hydrogens is 202 g/mol. The summed E-state index contributed by atoms with van der Waals surface area (Å²) in [6.07, 6.45) is 3.68. The Bertz CT molecular complexity index is 302. The van der Waals surface area contributed by atoms with Gasteiger partial charge in [0.15, 0.2) is 0 Å². The van der Waals surface area contributed by atoms with Crippen molar-refractivity contribution in [2.45, 2.75) is 27.7 Å². The van der Waals surface area contributed by atoms with Gasteiger partial charge in [0.05, 0.1) is 6.54 Å². The number of likely N-dealkylation sites (N-methyl/N-ethyl adjacent to an activating group) is 1. The van der Waals surface area contributed by atoms with E-state index in [1.807, 2.05) is 17.9 Å². The van der Waals surface area contributed by atoms with E-state index in [4.69, 9.17) is 5.11 Å². The summed E-state index contributed by atoms with van der Waals surface area (Å²) in [4.78, 5) is 12.3. The third-order valence-electron chi connectivity index (χ3n) is 1.82. The van der Waals surface area contributed by atoms with E-state index >= 15 is 0 Å². The second kappa shape index (κ2) is 7.08. The molecule has 0 aliphatic carbocycles. The van der Waals surface area contributed by atoms with Crippen LogP contribution in [0.4, 0.5) is 0 Å². The van der Waals surface area contributed by atoms with Gasteiger partial charge in [-0.2, -0.15) is 0 Å². The molecule has 0 heterocycles.